The van der Waals surface area contributed by atoms with Gasteiger partial charge in [0.25, 0.3) is 0 Å². The minimum Gasteiger partial charge on any atom is -0.479 e. The third-order valence-electron chi connectivity index (χ3n) is 5.22. The van der Waals surface area contributed by atoms with Crippen LogP contribution in [0.25, 0.3) is 11.1 Å². The molecule has 0 saturated heterocycles. The van der Waals surface area contributed by atoms with Gasteiger partial charge in [0.15, 0.2) is 6.10 Å². The van der Waals surface area contributed by atoms with Crippen LogP contribution < -0.4 is 5.32 Å². The molecule has 27 heavy (non-hydrogen) atoms. The Morgan fingerprint density at radius 1 is 1.04 bits per heavy atom. The number of fused-ring (bicyclic) bond motifs is 1. The van der Waals surface area contributed by atoms with Gasteiger partial charge in [-0.15, -0.1) is 0 Å². The topological polar surface area (TPSA) is 58.6 Å². The Labute approximate surface area is 161 Å². The summed E-state index contributed by atoms with van der Waals surface area (Å²) in [4.78, 5) is 12.2. The first-order chi connectivity index (χ1) is 12.6. The molecule has 1 atom stereocenters. The molecule has 0 amide bonds. The third-order valence-corrected chi connectivity index (χ3v) is 5.22. The van der Waals surface area contributed by atoms with Gasteiger partial charge < -0.3 is 15.2 Å². The number of aliphatic carboxylic acids is 1. The Balaban J connectivity index is 2.32. The second-order valence-corrected chi connectivity index (χ2v) is 8.41. The standard InChI is InChI=1S/C23H29NO3/c1-13-7-9-16(10-8-13)19-14(2)17-11-24-12-18(17)15(3)20(19)21(22(25)26)27-23(4,5)6/h7-10,21,24H,11-12H2,1-6H3,(H,25,26). The molecule has 2 N–H and O–H groups in total. The maximum absolute atomic E-state index is 12.2. The summed E-state index contributed by atoms with van der Waals surface area (Å²) in [5.41, 5.74) is 8.08. The quantitative estimate of drug-likeness (QED) is 0.813. The number of rotatable bonds is 4. The molecule has 3 rings (SSSR count). The number of benzene rings is 2. The number of carboxylic acids is 1. The van der Waals surface area contributed by atoms with Crippen molar-refractivity contribution in [1.82, 2.24) is 5.32 Å². The highest BCUT2D eigenvalue weighted by molar-refractivity contribution is 5.84. The first-order valence-corrected chi connectivity index (χ1v) is 9.43. The van der Waals surface area contributed by atoms with E-state index < -0.39 is 17.7 Å². The summed E-state index contributed by atoms with van der Waals surface area (Å²) in [7, 11) is 0. The van der Waals surface area contributed by atoms with Crippen LogP contribution in [0.15, 0.2) is 24.3 Å². The van der Waals surface area contributed by atoms with Crippen LogP contribution >= 0.6 is 0 Å². The largest absolute Gasteiger partial charge is 0.479 e. The predicted octanol–water partition coefficient (Wildman–Crippen LogP) is 4.82. The molecule has 2 aromatic carbocycles. The van der Waals surface area contributed by atoms with E-state index in [0.29, 0.717) is 0 Å². The summed E-state index contributed by atoms with van der Waals surface area (Å²) in [5.74, 6) is -0.952. The molecule has 4 nitrogen and oxygen atoms in total. The van der Waals surface area contributed by atoms with E-state index in [4.69, 9.17) is 4.74 Å². The van der Waals surface area contributed by atoms with E-state index >= 15 is 0 Å². The normalized spacial score (nSPS) is 14.9. The van der Waals surface area contributed by atoms with E-state index in [0.717, 1.165) is 40.9 Å². The predicted molar refractivity (Wildman–Crippen MR) is 108 cm³/mol. The maximum atomic E-state index is 12.2. The monoisotopic (exact) mass is 367 g/mol. The zero-order valence-electron chi connectivity index (χ0n) is 17.1. The van der Waals surface area contributed by atoms with Gasteiger partial charge in [-0.3, -0.25) is 0 Å². The van der Waals surface area contributed by atoms with Crippen molar-refractivity contribution in [2.24, 2.45) is 0 Å². The summed E-state index contributed by atoms with van der Waals surface area (Å²) in [6.07, 6.45) is -1.01. The fourth-order valence-corrected chi connectivity index (χ4v) is 3.95. The Hall–Kier alpha value is -2.17. The number of aryl methyl sites for hydroxylation is 1. The molecule has 0 aromatic heterocycles. The van der Waals surface area contributed by atoms with Crippen LogP contribution in [-0.4, -0.2) is 16.7 Å². The number of hydrogen-bond donors (Lipinski definition) is 2. The first kappa shape index (κ1) is 19.6. The molecule has 0 aliphatic carbocycles. The molecular weight excluding hydrogens is 338 g/mol. The smallest absolute Gasteiger partial charge is 0.337 e. The fourth-order valence-electron chi connectivity index (χ4n) is 3.95. The second-order valence-electron chi connectivity index (χ2n) is 8.41. The zero-order chi connectivity index (χ0) is 19.9. The molecule has 0 saturated carbocycles. The van der Waals surface area contributed by atoms with Crippen LogP contribution in [-0.2, 0) is 22.6 Å². The number of carbonyl (C=O) groups is 1. The summed E-state index contributed by atoms with van der Waals surface area (Å²) < 4.78 is 6.05. The number of carboxylic acid groups (broad SMARTS) is 1. The fraction of sp³-hybridized carbons (Fsp3) is 0.435. The minimum absolute atomic E-state index is 0.564. The van der Waals surface area contributed by atoms with Crippen LogP contribution in [0.4, 0.5) is 0 Å². The van der Waals surface area contributed by atoms with Gasteiger partial charge in [0, 0.05) is 18.7 Å². The number of hydrogen-bond acceptors (Lipinski definition) is 3. The first-order valence-electron chi connectivity index (χ1n) is 9.43. The van der Waals surface area contributed by atoms with Gasteiger partial charge >= 0.3 is 5.97 Å². The van der Waals surface area contributed by atoms with E-state index in [9.17, 15) is 9.90 Å². The van der Waals surface area contributed by atoms with Crippen molar-refractivity contribution in [3.8, 4) is 11.1 Å². The lowest BCUT2D eigenvalue weighted by molar-refractivity contribution is -0.160. The SMILES string of the molecule is Cc1ccc(-c2c(C)c3c(c(C)c2C(OC(C)(C)C)C(=O)O)CNC3)cc1. The Kier molecular flexibility index (Phi) is 5.15. The van der Waals surface area contributed by atoms with Gasteiger partial charge in [0.1, 0.15) is 0 Å². The molecular formula is C23H29NO3. The van der Waals surface area contributed by atoms with Crippen molar-refractivity contribution in [2.75, 3.05) is 0 Å². The zero-order valence-corrected chi connectivity index (χ0v) is 17.1. The highest BCUT2D eigenvalue weighted by atomic mass is 16.5. The maximum Gasteiger partial charge on any atom is 0.337 e. The van der Waals surface area contributed by atoms with E-state index in [1.165, 1.54) is 16.7 Å². The van der Waals surface area contributed by atoms with Crippen LogP contribution in [0, 0.1) is 20.8 Å². The Morgan fingerprint density at radius 3 is 2.11 bits per heavy atom. The molecule has 2 aromatic rings. The van der Waals surface area contributed by atoms with Gasteiger partial charge in [0.05, 0.1) is 5.60 Å². The summed E-state index contributed by atoms with van der Waals surface area (Å²) in [5, 5.41) is 13.4. The van der Waals surface area contributed by atoms with Crippen molar-refractivity contribution >= 4 is 5.97 Å². The van der Waals surface area contributed by atoms with Crippen molar-refractivity contribution in [1.29, 1.82) is 0 Å². The molecule has 0 spiro atoms. The van der Waals surface area contributed by atoms with Gasteiger partial charge in [-0.1, -0.05) is 29.8 Å². The summed E-state index contributed by atoms with van der Waals surface area (Å²) in [6.45, 7) is 13.4. The molecule has 1 aliphatic heterocycles. The Bertz CT molecular complexity index is 876. The van der Waals surface area contributed by atoms with Gasteiger partial charge in [-0.2, -0.15) is 0 Å². The molecule has 1 heterocycles. The molecule has 0 bridgehead atoms. The molecule has 0 fully saturated rings. The molecule has 0 radical (unpaired) electrons. The highest BCUT2D eigenvalue weighted by Gasteiger charge is 2.34. The summed E-state index contributed by atoms with van der Waals surface area (Å²) >= 11 is 0. The average molecular weight is 367 g/mol. The lowest BCUT2D eigenvalue weighted by Gasteiger charge is -2.30. The van der Waals surface area contributed by atoms with Crippen LogP contribution in [0.2, 0.25) is 0 Å². The van der Waals surface area contributed by atoms with Crippen molar-refractivity contribution < 1.29 is 14.6 Å². The average Bonchev–Trinajstić information content (AvgIpc) is 3.06. The van der Waals surface area contributed by atoms with Crippen molar-refractivity contribution in [2.45, 2.75) is 66.3 Å². The van der Waals surface area contributed by atoms with Crippen molar-refractivity contribution in [3.63, 3.8) is 0 Å². The minimum atomic E-state index is -1.01. The van der Waals surface area contributed by atoms with E-state index in [-0.39, 0.29) is 0 Å². The third kappa shape index (κ3) is 3.78. The lowest BCUT2D eigenvalue weighted by Crippen LogP contribution is -2.28. The second kappa shape index (κ2) is 7.10. The van der Waals surface area contributed by atoms with E-state index in [2.05, 4.69) is 43.4 Å². The van der Waals surface area contributed by atoms with Gasteiger partial charge in [-0.05, 0) is 74.9 Å². The Morgan fingerprint density at radius 2 is 1.59 bits per heavy atom. The van der Waals surface area contributed by atoms with Crippen molar-refractivity contribution in [3.05, 3.63) is 57.6 Å². The van der Waals surface area contributed by atoms with Gasteiger partial charge in [0.2, 0.25) is 0 Å². The number of ether oxygens (including phenoxy) is 1. The van der Waals surface area contributed by atoms with Crippen LogP contribution in [0.5, 0.6) is 0 Å². The molecule has 144 valence electrons. The molecule has 1 unspecified atom stereocenters. The molecule has 1 aliphatic rings. The van der Waals surface area contributed by atoms with Crippen LogP contribution in [0.1, 0.15) is 60.3 Å². The van der Waals surface area contributed by atoms with E-state index in [1.54, 1.807) is 0 Å². The molecule has 4 heteroatoms. The lowest BCUT2D eigenvalue weighted by atomic mass is 9.83. The van der Waals surface area contributed by atoms with E-state index in [1.807, 2.05) is 27.7 Å². The highest BCUT2D eigenvalue weighted by Crippen LogP contribution is 2.42. The van der Waals surface area contributed by atoms with Crippen LogP contribution in [0.3, 0.4) is 0 Å². The van der Waals surface area contributed by atoms with Gasteiger partial charge in [-0.25, -0.2) is 4.79 Å². The number of nitrogens with one attached hydrogen (secondary N) is 1. The summed E-state index contributed by atoms with van der Waals surface area (Å²) in [6, 6.07) is 8.29.